The number of hydrogen-bond acceptors (Lipinski definition) is 6. The number of hydrogen-bond donors (Lipinski definition) is 1. The van der Waals surface area contributed by atoms with Gasteiger partial charge in [-0.1, -0.05) is 7.43 Å². The monoisotopic (exact) mass is 404 g/mol. The molecule has 0 aromatic heterocycles. The third-order valence-electron chi connectivity index (χ3n) is 4.50. The van der Waals surface area contributed by atoms with E-state index in [0.29, 0.717) is 36.3 Å². The average molecular weight is 404 g/mol. The fourth-order valence-corrected chi connectivity index (χ4v) is 4.11. The van der Waals surface area contributed by atoms with Gasteiger partial charge in [0.15, 0.2) is 0 Å². The minimum Gasteiger partial charge on any atom is -0.756 e. The van der Waals surface area contributed by atoms with Crippen molar-refractivity contribution in [3.8, 4) is 11.8 Å². The van der Waals surface area contributed by atoms with E-state index in [2.05, 4.69) is 0 Å². The Labute approximate surface area is 181 Å². The Morgan fingerprint density at radius 1 is 1.48 bits per heavy atom. The van der Waals surface area contributed by atoms with Crippen LogP contribution in [-0.4, -0.2) is 34.0 Å². The third kappa shape index (κ3) is 4.93. The van der Waals surface area contributed by atoms with Crippen LogP contribution in [0, 0.1) is 11.3 Å². The van der Waals surface area contributed by atoms with Gasteiger partial charge < -0.3 is 23.9 Å². The standard InChI is InChI=1S/C16H19N2O6P.CH4.Na/c1-16(2)15(24-25(20,21)22)14(18-7-3-4-13(18)19)11-8-10(9-17)5-6-12(11)23-16;;/h5-6,8,14-15H,3-4,7H2,1-2H3,(H2,20,21,22);1H4;/q;;+1/p-1/t14-,15+;;/m0../s1. The van der Waals surface area contributed by atoms with Gasteiger partial charge in [0, 0.05) is 18.5 Å². The van der Waals surface area contributed by atoms with Crippen molar-refractivity contribution < 1.29 is 58.0 Å². The fourth-order valence-electron chi connectivity index (χ4n) is 3.45. The molecule has 2 aliphatic rings. The second kappa shape index (κ2) is 8.62. The average Bonchev–Trinajstić information content (AvgIpc) is 2.92. The van der Waals surface area contributed by atoms with E-state index in [1.807, 2.05) is 6.07 Å². The van der Waals surface area contributed by atoms with Crippen molar-refractivity contribution in [1.29, 1.82) is 5.26 Å². The summed E-state index contributed by atoms with van der Waals surface area (Å²) < 4.78 is 22.2. The Morgan fingerprint density at radius 2 is 2.15 bits per heavy atom. The summed E-state index contributed by atoms with van der Waals surface area (Å²) in [6.07, 6.45) is -0.152. The predicted octanol–water partition coefficient (Wildman–Crippen LogP) is -1.12. The second-order valence-corrected chi connectivity index (χ2v) is 7.85. The maximum atomic E-state index is 12.3. The minimum absolute atomic E-state index is 0. The van der Waals surface area contributed by atoms with Gasteiger partial charge in [0.2, 0.25) is 5.91 Å². The molecular weight excluding hydrogens is 382 g/mol. The number of phosphoric ester groups is 1. The number of phosphoric acid groups is 1. The fraction of sp³-hybridized carbons (Fsp3) is 0.529. The zero-order chi connectivity index (χ0) is 18.4. The van der Waals surface area contributed by atoms with Crippen LogP contribution in [0.1, 0.15) is 51.3 Å². The summed E-state index contributed by atoms with van der Waals surface area (Å²) in [5, 5.41) is 9.16. The molecule has 2 aliphatic heterocycles. The van der Waals surface area contributed by atoms with Crippen LogP contribution < -0.4 is 39.2 Å². The quantitative estimate of drug-likeness (QED) is 0.500. The van der Waals surface area contributed by atoms with E-state index in [-0.39, 0.29) is 42.9 Å². The Bertz CT molecular complexity index is 803. The molecule has 1 fully saturated rings. The molecule has 0 bridgehead atoms. The first kappa shape index (κ1) is 24.1. The maximum Gasteiger partial charge on any atom is 1.00 e. The maximum absolute atomic E-state index is 12.3. The van der Waals surface area contributed by atoms with Crippen molar-refractivity contribution in [3.05, 3.63) is 29.3 Å². The van der Waals surface area contributed by atoms with Gasteiger partial charge in [-0.05, 0) is 38.5 Å². The molecule has 1 N–H and O–H groups in total. The Kier molecular flexibility index (Phi) is 7.71. The molecule has 3 atom stereocenters. The summed E-state index contributed by atoms with van der Waals surface area (Å²) in [5.41, 5.74) is -0.281. The van der Waals surface area contributed by atoms with Gasteiger partial charge in [0.25, 0.3) is 7.82 Å². The van der Waals surface area contributed by atoms with E-state index in [1.54, 1.807) is 32.0 Å². The van der Waals surface area contributed by atoms with E-state index >= 15 is 0 Å². The number of ether oxygens (including phenoxy) is 1. The smallest absolute Gasteiger partial charge is 0.756 e. The number of amides is 1. The first-order chi connectivity index (χ1) is 11.6. The number of nitriles is 1. The summed E-state index contributed by atoms with van der Waals surface area (Å²) in [7, 11) is -5.08. The van der Waals surface area contributed by atoms with Crippen LogP contribution >= 0.6 is 7.82 Å². The topological polar surface area (TPSA) is 123 Å². The molecule has 1 aromatic rings. The molecule has 142 valence electrons. The van der Waals surface area contributed by atoms with Crippen LogP contribution in [0.2, 0.25) is 0 Å². The molecule has 27 heavy (non-hydrogen) atoms. The number of carbonyl (C=O) groups excluding carboxylic acids is 1. The first-order valence-corrected chi connectivity index (χ1v) is 9.37. The van der Waals surface area contributed by atoms with E-state index in [0.717, 1.165) is 0 Å². The predicted molar refractivity (Wildman–Crippen MR) is 91.0 cm³/mol. The van der Waals surface area contributed by atoms with Crippen LogP contribution in [0.4, 0.5) is 0 Å². The number of nitrogens with zero attached hydrogens (tertiary/aromatic N) is 2. The van der Waals surface area contributed by atoms with Crippen LogP contribution in [0.3, 0.4) is 0 Å². The van der Waals surface area contributed by atoms with Gasteiger partial charge in [-0.2, -0.15) is 5.26 Å². The molecule has 1 aromatic carbocycles. The molecule has 1 unspecified atom stereocenters. The van der Waals surface area contributed by atoms with Gasteiger partial charge in [0.05, 0.1) is 17.7 Å². The zero-order valence-electron chi connectivity index (χ0n) is 14.8. The van der Waals surface area contributed by atoms with E-state index in [9.17, 15) is 19.1 Å². The molecule has 0 radical (unpaired) electrons. The van der Waals surface area contributed by atoms with Crippen molar-refractivity contribution in [2.24, 2.45) is 0 Å². The summed E-state index contributed by atoms with van der Waals surface area (Å²) in [4.78, 5) is 34.5. The van der Waals surface area contributed by atoms with Gasteiger partial charge >= 0.3 is 29.6 Å². The Hall–Kier alpha value is -0.910. The number of carbonyl (C=O) groups is 1. The number of rotatable bonds is 3. The summed E-state index contributed by atoms with van der Waals surface area (Å²) in [6, 6.07) is 6.00. The SMILES string of the molecule is C.CC1(C)Oc2ccc(C#N)cc2[C@H](N2CCCC2=O)[C@H]1OP(=O)([O-])O.[Na+]. The van der Waals surface area contributed by atoms with Crippen LogP contribution in [-0.2, 0) is 13.9 Å². The normalized spacial score (nSPS) is 25.1. The van der Waals surface area contributed by atoms with E-state index in [1.165, 1.54) is 4.90 Å². The third-order valence-corrected chi connectivity index (χ3v) is 4.99. The molecular formula is C17H22N2NaO6P. The minimum atomic E-state index is -5.08. The van der Waals surface area contributed by atoms with E-state index in [4.69, 9.17) is 14.5 Å². The van der Waals surface area contributed by atoms with Crippen LogP contribution in [0.5, 0.6) is 5.75 Å². The van der Waals surface area contributed by atoms with Gasteiger partial charge in [0.1, 0.15) is 17.5 Å². The summed E-state index contributed by atoms with van der Waals surface area (Å²) in [5.74, 6) is 0.315. The van der Waals surface area contributed by atoms with Gasteiger partial charge in [-0.25, -0.2) is 0 Å². The van der Waals surface area contributed by atoms with Crippen molar-refractivity contribution in [1.82, 2.24) is 4.90 Å². The summed E-state index contributed by atoms with van der Waals surface area (Å²) in [6.45, 7) is 3.69. The Morgan fingerprint density at radius 3 is 2.67 bits per heavy atom. The largest absolute Gasteiger partial charge is 1.00 e. The molecule has 0 aliphatic carbocycles. The van der Waals surface area contributed by atoms with Gasteiger partial charge in [-0.15, -0.1) is 0 Å². The summed E-state index contributed by atoms with van der Waals surface area (Å²) >= 11 is 0. The second-order valence-electron chi connectivity index (χ2n) is 6.70. The molecule has 0 spiro atoms. The van der Waals surface area contributed by atoms with Crippen molar-refractivity contribution >= 4 is 13.7 Å². The molecule has 10 heteroatoms. The molecule has 3 rings (SSSR count). The molecule has 1 amide bonds. The van der Waals surface area contributed by atoms with Crippen molar-refractivity contribution in [3.63, 3.8) is 0 Å². The van der Waals surface area contributed by atoms with Crippen molar-refractivity contribution in [2.75, 3.05) is 6.54 Å². The zero-order valence-corrected chi connectivity index (χ0v) is 17.7. The Balaban J connectivity index is 0.00000182. The number of benzene rings is 1. The molecule has 1 saturated heterocycles. The molecule has 8 nitrogen and oxygen atoms in total. The number of fused-ring (bicyclic) bond motifs is 1. The number of likely N-dealkylation sites (tertiary alicyclic amines) is 1. The van der Waals surface area contributed by atoms with Crippen LogP contribution in [0.25, 0.3) is 0 Å². The van der Waals surface area contributed by atoms with E-state index < -0.39 is 25.6 Å². The first-order valence-electron chi connectivity index (χ1n) is 7.87. The van der Waals surface area contributed by atoms with Gasteiger partial charge in [-0.3, -0.25) is 9.36 Å². The van der Waals surface area contributed by atoms with Crippen molar-refractivity contribution in [2.45, 2.75) is 51.9 Å². The molecule has 2 heterocycles. The van der Waals surface area contributed by atoms with Crippen LogP contribution in [0.15, 0.2) is 18.2 Å². The molecule has 0 saturated carbocycles.